The fourth-order valence-electron chi connectivity index (χ4n) is 2.40. The van der Waals surface area contributed by atoms with Crippen molar-refractivity contribution in [1.82, 2.24) is 9.97 Å². The van der Waals surface area contributed by atoms with Gasteiger partial charge in [0.15, 0.2) is 0 Å². The van der Waals surface area contributed by atoms with E-state index in [1.54, 1.807) is 24.5 Å². The molecule has 2 aromatic carbocycles. The molecule has 3 aromatic rings. The van der Waals surface area contributed by atoms with Crippen molar-refractivity contribution >= 4 is 0 Å². The quantitative estimate of drug-likeness (QED) is 0.494. The summed E-state index contributed by atoms with van der Waals surface area (Å²) in [6.45, 7) is 8.18. The van der Waals surface area contributed by atoms with E-state index in [0.29, 0.717) is 18.8 Å². The fourth-order valence-corrected chi connectivity index (χ4v) is 2.40. The van der Waals surface area contributed by atoms with Gasteiger partial charge in [-0.15, -0.1) is 13.2 Å². The lowest BCUT2D eigenvalue weighted by atomic mass is 9.98. The van der Waals surface area contributed by atoms with Crippen molar-refractivity contribution in [2.45, 2.75) is 6.10 Å². The Kier molecular flexibility index (Phi) is 8.63. The highest BCUT2D eigenvalue weighted by atomic mass is 16.5. The van der Waals surface area contributed by atoms with E-state index < -0.39 is 6.10 Å². The third-order valence-electron chi connectivity index (χ3n) is 3.68. The van der Waals surface area contributed by atoms with Crippen molar-refractivity contribution in [3.63, 3.8) is 0 Å². The minimum absolute atomic E-state index is 0.617. The summed E-state index contributed by atoms with van der Waals surface area (Å²) in [5.41, 5.74) is 3.74. The van der Waals surface area contributed by atoms with E-state index in [1.165, 1.54) is 6.33 Å². The molecule has 0 bridgehead atoms. The van der Waals surface area contributed by atoms with E-state index in [1.807, 2.05) is 42.5 Å². The third-order valence-corrected chi connectivity index (χ3v) is 3.68. The molecular weight excluding hydrogens is 336 g/mol. The molecule has 1 unspecified atom stereocenters. The Balaban J connectivity index is 0.000000321. The highest BCUT2D eigenvalue weighted by Crippen LogP contribution is 2.26. The molecule has 0 radical (unpaired) electrons. The maximum atomic E-state index is 10.4. The molecule has 4 nitrogen and oxygen atoms in total. The van der Waals surface area contributed by atoms with E-state index in [0.717, 1.165) is 16.7 Å². The Morgan fingerprint density at radius 2 is 1.48 bits per heavy atom. The van der Waals surface area contributed by atoms with Gasteiger partial charge in [0.05, 0.1) is 13.2 Å². The number of hydrogen-bond acceptors (Lipinski definition) is 4. The topological polar surface area (TPSA) is 55.2 Å². The van der Waals surface area contributed by atoms with E-state index in [4.69, 9.17) is 4.74 Å². The molecule has 1 heterocycles. The monoisotopic (exact) mass is 360 g/mol. The average molecular weight is 360 g/mol. The van der Waals surface area contributed by atoms with Gasteiger partial charge in [0.1, 0.15) is 12.4 Å². The Labute approximate surface area is 160 Å². The second-order valence-corrected chi connectivity index (χ2v) is 5.68. The molecule has 138 valence electrons. The molecule has 0 aliphatic heterocycles. The second-order valence-electron chi connectivity index (χ2n) is 5.68. The third kappa shape index (κ3) is 6.62. The largest absolute Gasteiger partial charge is 0.384 e. The number of aromatic nitrogens is 2. The van der Waals surface area contributed by atoms with E-state index in [2.05, 4.69) is 35.3 Å². The number of hydrogen-bond donors (Lipinski definition) is 1. The van der Waals surface area contributed by atoms with Crippen LogP contribution in [0.5, 0.6) is 0 Å². The van der Waals surface area contributed by atoms with Crippen LogP contribution in [0.2, 0.25) is 0 Å². The molecule has 0 spiro atoms. The maximum Gasteiger partial charge on any atom is 0.115 e. The van der Waals surface area contributed by atoms with Crippen LogP contribution in [0.1, 0.15) is 17.2 Å². The first-order valence-electron chi connectivity index (χ1n) is 8.64. The zero-order valence-corrected chi connectivity index (χ0v) is 15.2. The predicted molar refractivity (Wildman–Crippen MR) is 109 cm³/mol. The van der Waals surface area contributed by atoms with Crippen LogP contribution < -0.4 is 0 Å². The summed E-state index contributed by atoms with van der Waals surface area (Å²) >= 11 is 0. The van der Waals surface area contributed by atoms with Gasteiger partial charge in [0.25, 0.3) is 0 Å². The van der Waals surface area contributed by atoms with Crippen molar-refractivity contribution in [3.8, 4) is 11.1 Å². The minimum Gasteiger partial charge on any atom is -0.384 e. The zero-order valence-electron chi connectivity index (χ0n) is 15.2. The standard InChI is InChI=1S/C17H14N2O.C6H10O/c20-17(16-10-18-12-19-11-16)15-8-4-7-14(9-15)13-5-2-1-3-6-13;1-3-5-7-6-4-2/h1-12,17,20H;3-4H,1-2,5-6H2. The maximum absolute atomic E-state index is 10.4. The Bertz CT molecular complexity index is 812. The Morgan fingerprint density at radius 1 is 0.852 bits per heavy atom. The molecule has 1 atom stereocenters. The van der Waals surface area contributed by atoms with Crippen LogP contribution in [-0.2, 0) is 4.74 Å². The molecule has 1 aromatic heterocycles. The van der Waals surface area contributed by atoms with Crippen molar-refractivity contribution in [1.29, 1.82) is 0 Å². The van der Waals surface area contributed by atoms with Gasteiger partial charge in [-0.25, -0.2) is 9.97 Å². The summed E-state index contributed by atoms with van der Waals surface area (Å²) in [7, 11) is 0. The van der Waals surface area contributed by atoms with Gasteiger partial charge in [-0.05, 0) is 22.8 Å². The van der Waals surface area contributed by atoms with Crippen LogP contribution in [0.3, 0.4) is 0 Å². The smallest absolute Gasteiger partial charge is 0.115 e. The van der Waals surface area contributed by atoms with Crippen LogP contribution >= 0.6 is 0 Å². The molecule has 1 N–H and O–H groups in total. The van der Waals surface area contributed by atoms with Crippen molar-refractivity contribution in [2.24, 2.45) is 0 Å². The van der Waals surface area contributed by atoms with Gasteiger partial charge in [-0.3, -0.25) is 0 Å². The van der Waals surface area contributed by atoms with Gasteiger partial charge in [0.2, 0.25) is 0 Å². The van der Waals surface area contributed by atoms with Crippen LogP contribution in [0.15, 0.2) is 98.6 Å². The summed E-state index contributed by atoms with van der Waals surface area (Å²) in [6.07, 6.45) is 7.43. The predicted octanol–water partition coefficient (Wildman–Crippen LogP) is 4.60. The molecule has 3 rings (SSSR count). The number of benzene rings is 2. The highest BCUT2D eigenvalue weighted by molar-refractivity contribution is 5.64. The lowest BCUT2D eigenvalue weighted by Crippen LogP contribution is -2.00. The average Bonchev–Trinajstić information content (AvgIpc) is 2.75. The van der Waals surface area contributed by atoms with Gasteiger partial charge >= 0.3 is 0 Å². The number of aliphatic hydroxyl groups is 1. The molecule has 27 heavy (non-hydrogen) atoms. The summed E-state index contributed by atoms with van der Waals surface area (Å²) < 4.78 is 4.90. The first-order chi connectivity index (χ1) is 13.3. The van der Waals surface area contributed by atoms with Crippen molar-refractivity contribution in [2.75, 3.05) is 13.2 Å². The SMILES string of the molecule is C=CCOCC=C.OC(c1cncnc1)c1cccc(-c2ccccc2)c1. The molecule has 4 heteroatoms. The molecule has 0 saturated heterocycles. The first-order valence-corrected chi connectivity index (χ1v) is 8.64. The lowest BCUT2D eigenvalue weighted by molar-refractivity contribution is 0.194. The highest BCUT2D eigenvalue weighted by Gasteiger charge is 2.11. The second kappa shape index (κ2) is 11.5. The number of rotatable bonds is 7. The van der Waals surface area contributed by atoms with E-state index in [-0.39, 0.29) is 0 Å². The fraction of sp³-hybridized carbons (Fsp3) is 0.130. The summed E-state index contributed by atoms with van der Waals surface area (Å²) in [4.78, 5) is 7.88. The summed E-state index contributed by atoms with van der Waals surface area (Å²) in [5.74, 6) is 0. The first kappa shape index (κ1) is 20.2. The molecule has 0 saturated carbocycles. The van der Waals surface area contributed by atoms with E-state index >= 15 is 0 Å². The molecular formula is C23H24N2O2. The van der Waals surface area contributed by atoms with Gasteiger partial charge in [-0.1, -0.05) is 60.7 Å². The van der Waals surface area contributed by atoms with Crippen LogP contribution in [0.4, 0.5) is 0 Å². The summed E-state index contributed by atoms with van der Waals surface area (Å²) in [5, 5.41) is 10.4. The minimum atomic E-state index is -0.708. The number of ether oxygens (including phenoxy) is 1. The number of aliphatic hydroxyl groups excluding tert-OH is 1. The van der Waals surface area contributed by atoms with Crippen molar-refractivity contribution in [3.05, 3.63) is 110 Å². The van der Waals surface area contributed by atoms with Crippen molar-refractivity contribution < 1.29 is 9.84 Å². The Morgan fingerprint density at radius 3 is 2.11 bits per heavy atom. The molecule has 0 fully saturated rings. The zero-order chi connectivity index (χ0) is 19.3. The lowest BCUT2D eigenvalue weighted by Gasteiger charge is -2.12. The number of nitrogens with zero attached hydrogens (tertiary/aromatic N) is 2. The van der Waals surface area contributed by atoms with Crippen LogP contribution in [0.25, 0.3) is 11.1 Å². The summed E-state index contributed by atoms with van der Waals surface area (Å²) in [6, 6.07) is 18.0. The molecule has 0 amide bonds. The molecule has 0 aliphatic rings. The van der Waals surface area contributed by atoms with Gasteiger partial charge in [0, 0.05) is 18.0 Å². The van der Waals surface area contributed by atoms with Gasteiger partial charge < -0.3 is 9.84 Å². The molecule has 0 aliphatic carbocycles. The van der Waals surface area contributed by atoms with Gasteiger partial charge in [-0.2, -0.15) is 0 Å². The van der Waals surface area contributed by atoms with Crippen LogP contribution in [0, 0.1) is 0 Å². The van der Waals surface area contributed by atoms with Crippen LogP contribution in [-0.4, -0.2) is 28.3 Å². The Hall–Kier alpha value is -3.08. The van der Waals surface area contributed by atoms with E-state index in [9.17, 15) is 5.11 Å². The normalized spacial score (nSPS) is 11.0.